The Labute approximate surface area is 122 Å². The third-order valence-corrected chi connectivity index (χ3v) is 4.39. The average Bonchev–Trinajstić information content (AvgIpc) is 2.60. The molecule has 1 aliphatic heterocycles. The van der Waals surface area contributed by atoms with E-state index in [-0.39, 0.29) is 11.2 Å². The van der Waals surface area contributed by atoms with Crippen LogP contribution in [0.15, 0.2) is 18.3 Å². The maximum absolute atomic E-state index is 6.05. The summed E-state index contributed by atoms with van der Waals surface area (Å²) >= 11 is 0. The molecule has 0 amide bonds. The lowest BCUT2D eigenvalue weighted by Crippen LogP contribution is -2.41. The van der Waals surface area contributed by atoms with Crippen LogP contribution in [0.25, 0.3) is 0 Å². The largest absolute Gasteiger partial charge is 0.514 e. The first kappa shape index (κ1) is 15.3. The van der Waals surface area contributed by atoms with Crippen molar-refractivity contribution in [1.82, 2.24) is 4.98 Å². The number of hydrogen-bond donors (Lipinski definition) is 0. The number of rotatable bonds is 4. The van der Waals surface area contributed by atoms with Crippen LogP contribution < -0.4 is 10.5 Å². The molecule has 5 heteroatoms. The fourth-order valence-electron chi connectivity index (χ4n) is 2.31. The Kier molecular flexibility index (Phi) is 4.12. The average molecular weight is 276 g/mol. The third kappa shape index (κ3) is 2.70. The predicted molar refractivity (Wildman–Crippen MR) is 83.5 cm³/mol. The standard InChI is InChI=1S/C15H25BN2O2/c1-7-18(8-2)12-9-10-17-13(11-12)16-19-14(3,4)15(5,6)20-16/h9-11H,7-8H2,1-6H3. The van der Waals surface area contributed by atoms with E-state index in [1.54, 1.807) is 0 Å². The van der Waals surface area contributed by atoms with E-state index in [0.717, 1.165) is 24.4 Å². The van der Waals surface area contributed by atoms with Crippen molar-refractivity contribution in [3.05, 3.63) is 18.3 Å². The molecule has 2 heterocycles. The molecule has 1 aliphatic rings. The number of nitrogens with zero attached hydrogens (tertiary/aromatic N) is 2. The second kappa shape index (κ2) is 5.37. The molecule has 1 fully saturated rings. The van der Waals surface area contributed by atoms with Crippen molar-refractivity contribution in [3.63, 3.8) is 0 Å². The summed E-state index contributed by atoms with van der Waals surface area (Å²) in [6.07, 6.45) is 1.83. The zero-order valence-corrected chi connectivity index (χ0v) is 13.4. The highest BCUT2D eigenvalue weighted by molar-refractivity contribution is 6.61. The number of hydrogen-bond acceptors (Lipinski definition) is 4. The molecule has 0 bridgehead atoms. The summed E-state index contributed by atoms with van der Waals surface area (Å²) in [5.74, 6) is 0. The van der Waals surface area contributed by atoms with Crippen molar-refractivity contribution in [2.24, 2.45) is 0 Å². The Morgan fingerprint density at radius 2 is 1.65 bits per heavy atom. The van der Waals surface area contributed by atoms with Gasteiger partial charge in [0.2, 0.25) is 0 Å². The first-order valence-corrected chi connectivity index (χ1v) is 7.37. The normalized spacial score (nSPS) is 20.2. The first-order valence-electron chi connectivity index (χ1n) is 7.37. The van der Waals surface area contributed by atoms with Gasteiger partial charge in [0.1, 0.15) is 0 Å². The summed E-state index contributed by atoms with van der Waals surface area (Å²) in [5.41, 5.74) is 1.34. The predicted octanol–water partition coefficient (Wildman–Crippen LogP) is 2.23. The molecule has 1 saturated heterocycles. The maximum Gasteiger partial charge on any atom is 0.514 e. The molecule has 0 aliphatic carbocycles. The molecule has 0 aromatic carbocycles. The van der Waals surface area contributed by atoms with Crippen LogP contribution in [0.2, 0.25) is 0 Å². The maximum atomic E-state index is 6.05. The van der Waals surface area contributed by atoms with Gasteiger partial charge >= 0.3 is 7.12 Å². The van der Waals surface area contributed by atoms with E-state index < -0.39 is 7.12 Å². The van der Waals surface area contributed by atoms with Crippen LogP contribution in [0.5, 0.6) is 0 Å². The van der Waals surface area contributed by atoms with Gasteiger partial charge in [-0.3, -0.25) is 4.98 Å². The quantitative estimate of drug-likeness (QED) is 0.790. The lowest BCUT2D eigenvalue weighted by atomic mass is 9.84. The van der Waals surface area contributed by atoms with Gasteiger partial charge in [-0.15, -0.1) is 0 Å². The zero-order valence-electron chi connectivity index (χ0n) is 13.4. The summed E-state index contributed by atoms with van der Waals surface area (Å²) in [5, 5.41) is 0. The van der Waals surface area contributed by atoms with Gasteiger partial charge in [0.05, 0.1) is 16.8 Å². The Balaban J connectivity index is 2.25. The molecule has 110 valence electrons. The van der Waals surface area contributed by atoms with Crippen molar-refractivity contribution in [2.45, 2.75) is 52.7 Å². The lowest BCUT2D eigenvalue weighted by Gasteiger charge is -2.32. The van der Waals surface area contributed by atoms with Crippen LogP contribution in [0.3, 0.4) is 0 Å². The minimum Gasteiger partial charge on any atom is -0.398 e. The van der Waals surface area contributed by atoms with Crippen LogP contribution in [0.1, 0.15) is 41.5 Å². The monoisotopic (exact) mass is 276 g/mol. The van der Waals surface area contributed by atoms with Crippen LogP contribution in [0, 0.1) is 0 Å². The number of pyridine rings is 1. The van der Waals surface area contributed by atoms with Gasteiger partial charge < -0.3 is 14.2 Å². The van der Waals surface area contributed by atoms with E-state index in [4.69, 9.17) is 9.31 Å². The van der Waals surface area contributed by atoms with Gasteiger partial charge in [-0.1, -0.05) is 0 Å². The highest BCUT2D eigenvalue weighted by Crippen LogP contribution is 2.36. The van der Waals surface area contributed by atoms with Crippen molar-refractivity contribution < 1.29 is 9.31 Å². The molecular weight excluding hydrogens is 251 g/mol. The van der Waals surface area contributed by atoms with Gasteiger partial charge in [-0.2, -0.15) is 0 Å². The van der Waals surface area contributed by atoms with E-state index in [0.29, 0.717) is 0 Å². The first-order chi connectivity index (χ1) is 9.30. The summed E-state index contributed by atoms with van der Waals surface area (Å²) in [6, 6.07) is 4.09. The van der Waals surface area contributed by atoms with E-state index in [1.807, 2.05) is 12.3 Å². The van der Waals surface area contributed by atoms with E-state index in [1.165, 1.54) is 0 Å². The highest BCUT2D eigenvalue weighted by Gasteiger charge is 2.52. The molecule has 20 heavy (non-hydrogen) atoms. The SMILES string of the molecule is CCN(CC)c1ccnc(B2OC(C)(C)C(C)(C)O2)c1. The minimum absolute atomic E-state index is 0.329. The molecule has 1 aromatic rings. The van der Waals surface area contributed by atoms with Gasteiger partial charge in [-0.05, 0) is 53.7 Å². The second-order valence-corrected chi connectivity index (χ2v) is 6.20. The Bertz CT molecular complexity index is 457. The van der Waals surface area contributed by atoms with Gasteiger partial charge in [0.15, 0.2) is 0 Å². The summed E-state index contributed by atoms with van der Waals surface area (Å²) < 4.78 is 12.1. The second-order valence-electron chi connectivity index (χ2n) is 6.20. The molecule has 0 spiro atoms. The van der Waals surface area contributed by atoms with Crippen LogP contribution in [-0.2, 0) is 9.31 Å². The molecule has 2 rings (SSSR count). The summed E-state index contributed by atoms with van der Waals surface area (Å²) in [7, 11) is -0.393. The van der Waals surface area contributed by atoms with Crippen molar-refractivity contribution in [1.29, 1.82) is 0 Å². The third-order valence-electron chi connectivity index (χ3n) is 4.39. The number of anilines is 1. The smallest absolute Gasteiger partial charge is 0.398 e. The fraction of sp³-hybridized carbons (Fsp3) is 0.667. The van der Waals surface area contributed by atoms with Crippen LogP contribution >= 0.6 is 0 Å². The molecule has 0 N–H and O–H groups in total. The topological polar surface area (TPSA) is 34.6 Å². The van der Waals surface area contributed by atoms with Crippen LogP contribution in [0.4, 0.5) is 5.69 Å². The van der Waals surface area contributed by atoms with Crippen molar-refractivity contribution >= 4 is 18.4 Å². The van der Waals surface area contributed by atoms with Crippen molar-refractivity contribution in [3.8, 4) is 0 Å². The van der Waals surface area contributed by atoms with E-state index in [9.17, 15) is 0 Å². The van der Waals surface area contributed by atoms with Gasteiger partial charge in [0.25, 0.3) is 0 Å². The van der Waals surface area contributed by atoms with Crippen LogP contribution in [-0.4, -0.2) is 36.4 Å². The minimum atomic E-state index is -0.393. The Hall–Kier alpha value is -1.07. The summed E-state index contributed by atoms with van der Waals surface area (Å²) in [6.45, 7) is 14.5. The molecule has 4 nitrogen and oxygen atoms in total. The Morgan fingerprint density at radius 1 is 1.10 bits per heavy atom. The van der Waals surface area contributed by atoms with Crippen molar-refractivity contribution in [2.75, 3.05) is 18.0 Å². The van der Waals surface area contributed by atoms with E-state index in [2.05, 4.69) is 57.5 Å². The van der Waals surface area contributed by atoms with Gasteiger partial charge in [-0.25, -0.2) is 0 Å². The molecule has 0 atom stereocenters. The number of aromatic nitrogens is 1. The molecular formula is C15H25BN2O2. The van der Waals surface area contributed by atoms with E-state index >= 15 is 0 Å². The molecule has 0 saturated carbocycles. The molecule has 0 radical (unpaired) electrons. The fourth-order valence-corrected chi connectivity index (χ4v) is 2.31. The molecule has 1 aromatic heterocycles. The highest BCUT2D eigenvalue weighted by atomic mass is 16.7. The zero-order chi connectivity index (χ0) is 15.0. The van der Waals surface area contributed by atoms with Gasteiger partial charge in [0, 0.05) is 25.0 Å². The Morgan fingerprint density at radius 3 is 2.15 bits per heavy atom. The molecule has 0 unspecified atom stereocenters. The summed E-state index contributed by atoms with van der Waals surface area (Å²) in [4.78, 5) is 6.71. The lowest BCUT2D eigenvalue weighted by molar-refractivity contribution is 0.00578.